The van der Waals surface area contributed by atoms with Gasteiger partial charge in [0.1, 0.15) is 10.9 Å². The van der Waals surface area contributed by atoms with Gasteiger partial charge in [0.15, 0.2) is 0 Å². The minimum Gasteiger partial charge on any atom is -0.480 e. The molecule has 1 atom stereocenters. The predicted octanol–water partition coefficient (Wildman–Crippen LogP) is 3.38. The van der Waals surface area contributed by atoms with E-state index in [2.05, 4.69) is 15.9 Å². The van der Waals surface area contributed by atoms with Crippen LogP contribution in [0.5, 0.6) is 0 Å². The fourth-order valence-electron chi connectivity index (χ4n) is 2.33. The maximum Gasteiger partial charge on any atom is 0.322 e. The predicted molar refractivity (Wildman–Crippen MR) is 83.3 cm³/mol. The molecule has 0 spiro atoms. The molecule has 0 amide bonds. The van der Waals surface area contributed by atoms with Crippen molar-refractivity contribution in [2.24, 2.45) is 0 Å². The minimum absolute atomic E-state index is 0.0379. The molecule has 2 rings (SSSR count). The van der Waals surface area contributed by atoms with Crippen molar-refractivity contribution >= 4 is 55.1 Å². The lowest BCUT2D eigenvalue weighted by Crippen LogP contribution is -2.47. The van der Waals surface area contributed by atoms with Crippen molar-refractivity contribution < 1.29 is 18.3 Å². The van der Waals surface area contributed by atoms with Crippen molar-refractivity contribution in [2.45, 2.75) is 30.2 Å². The normalized spacial score (nSPS) is 20.4. The lowest BCUT2D eigenvalue weighted by Gasteiger charge is -2.32. The summed E-state index contributed by atoms with van der Waals surface area (Å²) in [7, 11) is -4.07. The molecule has 1 aromatic rings. The van der Waals surface area contributed by atoms with Gasteiger partial charge in [0.05, 0.1) is 10.0 Å². The fourth-order valence-corrected chi connectivity index (χ4v) is 5.87. The first kappa shape index (κ1) is 17.0. The molecule has 1 N–H and O–H groups in total. The van der Waals surface area contributed by atoms with Crippen LogP contribution in [-0.4, -0.2) is 36.4 Å². The SMILES string of the molecule is O=C(O)C1CCCCN1S(=O)(=O)c1c(Cl)cc(Br)cc1Cl. The van der Waals surface area contributed by atoms with Crippen LogP contribution in [0, 0.1) is 0 Å². The Morgan fingerprint density at radius 1 is 1.29 bits per heavy atom. The Morgan fingerprint density at radius 3 is 2.38 bits per heavy atom. The Kier molecular flexibility index (Phi) is 5.20. The van der Waals surface area contributed by atoms with E-state index in [-0.39, 0.29) is 27.9 Å². The number of piperidine rings is 1. The standard InChI is InChI=1S/C12H12BrCl2NO4S/c13-7-5-8(14)11(9(15)6-7)21(19,20)16-4-2-1-3-10(16)12(17)18/h5-6,10H,1-4H2,(H,17,18). The minimum atomic E-state index is -4.07. The van der Waals surface area contributed by atoms with Crippen LogP contribution in [0.25, 0.3) is 0 Å². The summed E-state index contributed by atoms with van der Waals surface area (Å²) in [6, 6.07) is 1.75. The highest BCUT2D eigenvalue weighted by molar-refractivity contribution is 9.10. The first-order valence-electron chi connectivity index (χ1n) is 6.14. The van der Waals surface area contributed by atoms with Crippen LogP contribution >= 0.6 is 39.1 Å². The monoisotopic (exact) mass is 415 g/mol. The molecular weight excluding hydrogens is 405 g/mol. The molecule has 1 aliphatic rings. The molecule has 9 heteroatoms. The van der Waals surface area contributed by atoms with Gasteiger partial charge in [0, 0.05) is 11.0 Å². The summed E-state index contributed by atoms with van der Waals surface area (Å²) < 4.78 is 27.0. The molecule has 1 aliphatic heterocycles. The van der Waals surface area contributed by atoms with Gasteiger partial charge in [0.25, 0.3) is 0 Å². The Bertz CT molecular complexity index is 657. The third-order valence-electron chi connectivity index (χ3n) is 3.27. The van der Waals surface area contributed by atoms with E-state index in [1.807, 2.05) is 0 Å². The number of halogens is 3. The largest absolute Gasteiger partial charge is 0.480 e. The zero-order chi connectivity index (χ0) is 15.8. The van der Waals surface area contributed by atoms with Crippen LogP contribution in [0.2, 0.25) is 10.0 Å². The molecule has 116 valence electrons. The van der Waals surface area contributed by atoms with E-state index in [9.17, 15) is 18.3 Å². The maximum atomic E-state index is 12.7. The zero-order valence-corrected chi connectivity index (χ0v) is 14.6. The Labute approximate surface area is 141 Å². The molecule has 1 saturated heterocycles. The van der Waals surface area contributed by atoms with Gasteiger partial charge in [0.2, 0.25) is 10.0 Å². The Morgan fingerprint density at radius 2 is 1.86 bits per heavy atom. The number of hydrogen-bond acceptors (Lipinski definition) is 3. The third-order valence-corrected chi connectivity index (χ3v) is 6.56. The first-order chi connectivity index (χ1) is 9.75. The summed E-state index contributed by atoms with van der Waals surface area (Å²) in [4.78, 5) is 11.0. The molecule has 1 heterocycles. The van der Waals surface area contributed by atoms with Crippen molar-refractivity contribution in [2.75, 3.05) is 6.54 Å². The quantitative estimate of drug-likeness (QED) is 0.819. The number of sulfonamides is 1. The highest BCUT2D eigenvalue weighted by Gasteiger charge is 2.39. The van der Waals surface area contributed by atoms with Crippen LogP contribution < -0.4 is 0 Å². The summed E-state index contributed by atoms with van der Waals surface area (Å²) >= 11 is 15.2. The molecule has 0 bridgehead atoms. The van der Waals surface area contributed by atoms with E-state index < -0.39 is 22.0 Å². The van der Waals surface area contributed by atoms with Gasteiger partial charge in [-0.05, 0) is 31.4 Å². The van der Waals surface area contributed by atoms with E-state index >= 15 is 0 Å². The molecule has 0 saturated carbocycles. The summed E-state index contributed by atoms with van der Waals surface area (Å²) in [5.41, 5.74) is 0. The number of carbonyl (C=O) groups is 1. The molecule has 21 heavy (non-hydrogen) atoms. The van der Waals surface area contributed by atoms with E-state index in [0.29, 0.717) is 17.3 Å². The van der Waals surface area contributed by atoms with Gasteiger partial charge in [-0.1, -0.05) is 39.1 Å². The van der Waals surface area contributed by atoms with Gasteiger partial charge in [-0.3, -0.25) is 4.79 Å². The van der Waals surface area contributed by atoms with Crippen LogP contribution in [0.15, 0.2) is 21.5 Å². The number of nitrogens with zero attached hydrogens (tertiary/aromatic N) is 1. The van der Waals surface area contributed by atoms with Crippen LogP contribution in [0.3, 0.4) is 0 Å². The molecule has 0 radical (unpaired) electrons. The molecule has 1 aromatic carbocycles. The fraction of sp³-hybridized carbons (Fsp3) is 0.417. The summed E-state index contributed by atoms with van der Waals surface area (Å²) in [6.07, 6.45) is 1.56. The van der Waals surface area contributed by atoms with E-state index in [0.717, 1.165) is 4.31 Å². The van der Waals surface area contributed by atoms with Crippen molar-refractivity contribution in [3.05, 3.63) is 26.7 Å². The van der Waals surface area contributed by atoms with Crippen LogP contribution in [0.4, 0.5) is 0 Å². The van der Waals surface area contributed by atoms with Crippen molar-refractivity contribution in [1.82, 2.24) is 4.31 Å². The summed E-state index contributed by atoms with van der Waals surface area (Å²) in [5.74, 6) is -1.16. The second kappa shape index (κ2) is 6.42. The topological polar surface area (TPSA) is 74.7 Å². The summed E-state index contributed by atoms with van der Waals surface area (Å²) in [5, 5.41) is 9.15. The number of carboxylic acid groups (broad SMARTS) is 1. The third kappa shape index (κ3) is 3.37. The van der Waals surface area contributed by atoms with E-state index in [1.54, 1.807) is 0 Å². The molecule has 1 unspecified atom stereocenters. The van der Waals surface area contributed by atoms with Gasteiger partial charge < -0.3 is 5.11 Å². The van der Waals surface area contributed by atoms with Crippen LogP contribution in [-0.2, 0) is 14.8 Å². The number of hydrogen-bond donors (Lipinski definition) is 1. The molecule has 0 aromatic heterocycles. The van der Waals surface area contributed by atoms with Crippen molar-refractivity contribution in [3.8, 4) is 0 Å². The average Bonchev–Trinajstić information content (AvgIpc) is 2.37. The van der Waals surface area contributed by atoms with Gasteiger partial charge >= 0.3 is 5.97 Å². The second-order valence-corrected chi connectivity index (χ2v) is 8.22. The van der Waals surface area contributed by atoms with Crippen LogP contribution in [0.1, 0.15) is 19.3 Å². The van der Waals surface area contributed by atoms with Gasteiger partial charge in [-0.2, -0.15) is 4.31 Å². The zero-order valence-electron chi connectivity index (χ0n) is 10.7. The Balaban J connectivity index is 2.53. The lowest BCUT2D eigenvalue weighted by molar-refractivity contribution is -0.142. The number of carboxylic acids is 1. The summed E-state index contributed by atoms with van der Waals surface area (Å²) in [6.45, 7) is 0.141. The van der Waals surface area contributed by atoms with Gasteiger partial charge in [-0.25, -0.2) is 8.42 Å². The highest BCUT2D eigenvalue weighted by Crippen LogP contribution is 2.36. The molecule has 1 fully saturated rings. The van der Waals surface area contributed by atoms with Crippen molar-refractivity contribution in [1.29, 1.82) is 0 Å². The Hall–Kier alpha value is -0.340. The van der Waals surface area contributed by atoms with E-state index in [4.69, 9.17) is 23.2 Å². The second-order valence-electron chi connectivity index (χ2n) is 4.66. The highest BCUT2D eigenvalue weighted by atomic mass is 79.9. The number of benzene rings is 1. The number of aliphatic carboxylic acids is 1. The average molecular weight is 417 g/mol. The molecular formula is C12H12BrCl2NO4S. The van der Waals surface area contributed by atoms with Crippen molar-refractivity contribution in [3.63, 3.8) is 0 Å². The molecule has 0 aliphatic carbocycles. The van der Waals surface area contributed by atoms with Gasteiger partial charge in [-0.15, -0.1) is 0 Å². The first-order valence-corrected chi connectivity index (χ1v) is 9.13. The van der Waals surface area contributed by atoms with E-state index in [1.165, 1.54) is 12.1 Å². The maximum absolute atomic E-state index is 12.7. The molecule has 5 nitrogen and oxygen atoms in total. The smallest absolute Gasteiger partial charge is 0.322 e. The lowest BCUT2D eigenvalue weighted by atomic mass is 10.1. The number of rotatable bonds is 3.